The fourth-order valence-electron chi connectivity index (χ4n) is 5.67. The summed E-state index contributed by atoms with van der Waals surface area (Å²) >= 11 is 0. The van der Waals surface area contributed by atoms with E-state index in [1.54, 1.807) is 29.4 Å². The molecule has 0 aliphatic heterocycles. The van der Waals surface area contributed by atoms with Gasteiger partial charge in [-0.3, -0.25) is 0 Å². The minimum Gasteiger partial charge on any atom is -0.497 e. The first kappa shape index (κ1) is 15.1. The summed E-state index contributed by atoms with van der Waals surface area (Å²) in [6.07, 6.45) is 9.93. The molecule has 0 bridgehead atoms. The van der Waals surface area contributed by atoms with Gasteiger partial charge in [0.05, 0.1) is 7.11 Å². The van der Waals surface area contributed by atoms with Crippen LogP contribution in [-0.2, 0) is 11.8 Å². The van der Waals surface area contributed by atoms with Crippen molar-refractivity contribution in [2.24, 2.45) is 5.41 Å². The number of rotatable bonds is 1. The third kappa shape index (κ3) is 1.92. The number of aryl methyl sites for hydroxylation is 1. The summed E-state index contributed by atoms with van der Waals surface area (Å²) in [4.78, 5) is 0. The Labute approximate surface area is 140 Å². The topological polar surface area (TPSA) is 9.23 Å². The molecule has 1 saturated carbocycles. The predicted octanol–water partition coefficient (Wildman–Crippen LogP) is 5.74. The number of fused-ring (bicyclic) bond motifs is 4. The van der Waals surface area contributed by atoms with Crippen molar-refractivity contribution in [3.63, 3.8) is 0 Å². The van der Waals surface area contributed by atoms with E-state index in [1.165, 1.54) is 44.1 Å². The van der Waals surface area contributed by atoms with Crippen molar-refractivity contribution < 1.29 is 4.74 Å². The highest BCUT2D eigenvalue weighted by molar-refractivity contribution is 5.54. The molecule has 1 aromatic carbocycles. The van der Waals surface area contributed by atoms with Gasteiger partial charge in [-0.05, 0) is 68.7 Å². The molecule has 0 N–H and O–H groups in total. The minimum absolute atomic E-state index is 0.248. The van der Waals surface area contributed by atoms with E-state index in [9.17, 15) is 0 Å². The van der Waals surface area contributed by atoms with Gasteiger partial charge in [-0.15, -0.1) is 0 Å². The molecule has 3 aliphatic rings. The van der Waals surface area contributed by atoms with Crippen molar-refractivity contribution in [1.82, 2.24) is 0 Å². The molecule has 4 rings (SSSR count). The zero-order valence-electron chi connectivity index (χ0n) is 15.0. The number of benzene rings is 1. The Hall–Kier alpha value is -1.50. The van der Waals surface area contributed by atoms with Gasteiger partial charge in [0.2, 0.25) is 0 Å². The van der Waals surface area contributed by atoms with Crippen LogP contribution in [0.3, 0.4) is 0 Å². The molecule has 0 spiro atoms. The molecular formula is C22H28O. The van der Waals surface area contributed by atoms with Gasteiger partial charge in [0, 0.05) is 10.8 Å². The number of allylic oxidation sites excluding steroid dienone is 4. The van der Waals surface area contributed by atoms with Crippen LogP contribution in [0.5, 0.6) is 5.75 Å². The maximum atomic E-state index is 5.44. The van der Waals surface area contributed by atoms with Gasteiger partial charge < -0.3 is 4.74 Å². The fraction of sp³-hybridized carbons (Fsp3) is 0.545. The maximum Gasteiger partial charge on any atom is 0.119 e. The van der Waals surface area contributed by atoms with Crippen LogP contribution in [0.4, 0.5) is 0 Å². The van der Waals surface area contributed by atoms with Crippen molar-refractivity contribution in [3.8, 4) is 5.75 Å². The summed E-state index contributed by atoms with van der Waals surface area (Å²) in [6.45, 7) is 7.22. The molecule has 0 saturated heterocycles. The summed E-state index contributed by atoms with van der Waals surface area (Å²) < 4.78 is 5.44. The van der Waals surface area contributed by atoms with E-state index in [2.05, 4.69) is 45.0 Å². The van der Waals surface area contributed by atoms with Gasteiger partial charge in [-0.2, -0.15) is 0 Å². The van der Waals surface area contributed by atoms with E-state index in [0.29, 0.717) is 5.41 Å². The number of methoxy groups -OCH3 is 1. The Balaban J connectivity index is 1.87. The SMILES string of the molecule is C/C=C1/CCC2=C3CCc4cc(OC)ccc4[C@]3(C)CC[C@@]21C. The van der Waals surface area contributed by atoms with Gasteiger partial charge >= 0.3 is 0 Å². The van der Waals surface area contributed by atoms with E-state index < -0.39 is 0 Å². The standard InChI is InChI=1S/C22H28O/c1-5-16-7-10-19-20-9-6-15-14-17(23-4)8-11-18(15)22(20,3)13-12-21(16,19)2/h5,8,11,14H,6-7,9-10,12-13H2,1-4H3/b16-5-/t21-,22+/m1/s1. The molecule has 1 aromatic rings. The Kier molecular flexibility index (Phi) is 3.27. The van der Waals surface area contributed by atoms with Gasteiger partial charge in [0.15, 0.2) is 0 Å². The summed E-state index contributed by atoms with van der Waals surface area (Å²) in [5, 5.41) is 0. The van der Waals surface area contributed by atoms with Crippen LogP contribution in [0, 0.1) is 5.41 Å². The highest BCUT2D eigenvalue weighted by atomic mass is 16.5. The summed E-state index contributed by atoms with van der Waals surface area (Å²) in [5.74, 6) is 1.00. The second-order valence-electron chi connectivity index (χ2n) is 7.96. The largest absolute Gasteiger partial charge is 0.497 e. The lowest BCUT2D eigenvalue weighted by molar-refractivity contribution is 0.317. The second kappa shape index (κ2) is 5.00. The molecular weight excluding hydrogens is 280 g/mol. The highest BCUT2D eigenvalue weighted by Gasteiger charge is 2.49. The smallest absolute Gasteiger partial charge is 0.119 e. The van der Waals surface area contributed by atoms with Crippen molar-refractivity contribution in [1.29, 1.82) is 0 Å². The zero-order chi connectivity index (χ0) is 16.2. The number of hydrogen-bond acceptors (Lipinski definition) is 1. The molecule has 0 unspecified atom stereocenters. The van der Waals surface area contributed by atoms with Crippen molar-refractivity contribution in [3.05, 3.63) is 52.1 Å². The molecule has 1 heteroatoms. The molecule has 1 nitrogen and oxygen atoms in total. The first-order valence-corrected chi connectivity index (χ1v) is 9.09. The molecule has 3 aliphatic carbocycles. The molecule has 0 aromatic heterocycles. The lowest BCUT2D eigenvalue weighted by atomic mass is 9.56. The van der Waals surface area contributed by atoms with Gasteiger partial charge in [-0.25, -0.2) is 0 Å². The minimum atomic E-state index is 0.248. The number of hydrogen-bond donors (Lipinski definition) is 0. The molecule has 0 radical (unpaired) electrons. The first-order chi connectivity index (χ1) is 11.0. The van der Waals surface area contributed by atoms with E-state index >= 15 is 0 Å². The Morgan fingerprint density at radius 3 is 2.39 bits per heavy atom. The Morgan fingerprint density at radius 2 is 1.65 bits per heavy atom. The van der Waals surface area contributed by atoms with Gasteiger partial charge in [0.25, 0.3) is 0 Å². The number of ether oxygens (including phenoxy) is 1. The van der Waals surface area contributed by atoms with Gasteiger partial charge in [0.1, 0.15) is 5.75 Å². The summed E-state index contributed by atoms with van der Waals surface area (Å²) in [7, 11) is 1.77. The van der Waals surface area contributed by atoms with Crippen LogP contribution >= 0.6 is 0 Å². The molecule has 1 fully saturated rings. The van der Waals surface area contributed by atoms with E-state index in [1.807, 2.05) is 0 Å². The predicted molar refractivity (Wildman–Crippen MR) is 96.0 cm³/mol. The van der Waals surface area contributed by atoms with E-state index in [0.717, 1.165) is 5.75 Å². The highest BCUT2D eigenvalue weighted by Crippen LogP contribution is 2.61. The van der Waals surface area contributed by atoms with Crippen LogP contribution in [0.1, 0.15) is 64.0 Å². The molecule has 0 heterocycles. The monoisotopic (exact) mass is 308 g/mol. The van der Waals surface area contributed by atoms with Gasteiger partial charge in [-0.1, -0.05) is 42.7 Å². The average Bonchev–Trinajstić information content (AvgIpc) is 2.90. The Bertz CT molecular complexity index is 723. The van der Waals surface area contributed by atoms with E-state index in [4.69, 9.17) is 4.74 Å². The summed E-state index contributed by atoms with van der Waals surface area (Å²) in [6, 6.07) is 6.75. The third-order valence-electron chi connectivity index (χ3n) is 7.07. The van der Waals surface area contributed by atoms with Crippen LogP contribution in [0.15, 0.2) is 41.0 Å². The Morgan fingerprint density at radius 1 is 0.957 bits per heavy atom. The quantitative estimate of drug-likeness (QED) is 0.601. The lowest BCUT2D eigenvalue weighted by Gasteiger charge is -2.48. The average molecular weight is 308 g/mol. The van der Waals surface area contributed by atoms with Crippen LogP contribution < -0.4 is 4.74 Å². The fourth-order valence-corrected chi connectivity index (χ4v) is 5.67. The van der Waals surface area contributed by atoms with Crippen molar-refractivity contribution >= 4 is 0 Å². The zero-order valence-corrected chi connectivity index (χ0v) is 15.0. The third-order valence-corrected chi connectivity index (χ3v) is 7.07. The van der Waals surface area contributed by atoms with Crippen LogP contribution in [0.25, 0.3) is 0 Å². The van der Waals surface area contributed by atoms with Crippen LogP contribution in [0.2, 0.25) is 0 Å². The maximum absolute atomic E-state index is 5.44. The first-order valence-electron chi connectivity index (χ1n) is 9.09. The second-order valence-corrected chi connectivity index (χ2v) is 7.96. The molecule has 0 amide bonds. The van der Waals surface area contributed by atoms with Crippen LogP contribution in [-0.4, -0.2) is 7.11 Å². The molecule has 122 valence electrons. The van der Waals surface area contributed by atoms with E-state index in [-0.39, 0.29) is 5.41 Å². The molecule has 23 heavy (non-hydrogen) atoms. The normalized spacial score (nSPS) is 34.2. The summed E-state index contributed by atoms with van der Waals surface area (Å²) in [5.41, 5.74) is 8.89. The lowest BCUT2D eigenvalue weighted by Crippen LogP contribution is -2.38. The van der Waals surface area contributed by atoms with Crippen molar-refractivity contribution in [2.75, 3.05) is 7.11 Å². The molecule has 2 atom stereocenters. The van der Waals surface area contributed by atoms with Crippen molar-refractivity contribution in [2.45, 2.75) is 64.7 Å².